The van der Waals surface area contributed by atoms with Crippen molar-refractivity contribution in [2.45, 2.75) is 32.9 Å². The molecule has 0 amide bonds. The minimum Gasteiger partial charge on any atom is -0.384 e. The lowest BCUT2D eigenvalue weighted by Gasteiger charge is -2.20. The molecule has 0 atom stereocenters. The van der Waals surface area contributed by atoms with Gasteiger partial charge in [0, 0.05) is 17.6 Å². The van der Waals surface area contributed by atoms with E-state index in [2.05, 4.69) is 26.1 Å². The molecule has 1 rings (SSSR count). The van der Waals surface area contributed by atoms with E-state index in [9.17, 15) is 0 Å². The maximum absolute atomic E-state index is 7.27. The molecule has 1 aromatic rings. The standard InChI is InChI=1S/C12H19N3/c1-12(2,3)15-8-9-4-6-10(7-5-9)11(13)14/h4-7,15H,8H2,1-3H3,(H3,13,14). The van der Waals surface area contributed by atoms with Crippen molar-refractivity contribution in [1.29, 1.82) is 5.41 Å². The van der Waals surface area contributed by atoms with Gasteiger partial charge < -0.3 is 11.1 Å². The van der Waals surface area contributed by atoms with Crippen LogP contribution >= 0.6 is 0 Å². The quantitative estimate of drug-likeness (QED) is 0.521. The van der Waals surface area contributed by atoms with Gasteiger partial charge in [-0.2, -0.15) is 0 Å². The van der Waals surface area contributed by atoms with Crippen LogP contribution in [0.15, 0.2) is 24.3 Å². The largest absolute Gasteiger partial charge is 0.384 e. The summed E-state index contributed by atoms with van der Waals surface area (Å²) in [6, 6.07) is 7.74. The molecule has 0 aromatic heterocycles. The predicted molar refractivity (Wildman–Crippen MR) is 64.1 cm³/mol. The van der Waals surface area contributed by atoms with Gasteiger partial charge in [0.1, 0.15) is 5.84 Å². The summed E-state index contributed by atoms with van der Waals surface area (Å²) in [5.74, 6) is 0.116. The maximum atomic E-state index is 7.27. The Morgan fingerprint density at radius 3 is 2.20 bits per heavy atom. The van der Waals surface area contributed by atoms with Crippen LogP contribution in [0, 0.1) is 5.41 Å². The first-order valence-corrected chi connectivity index (χ1v) is 5.07. The molecule has 0 fully saturated rings. The lowest BCUT2D eigenvalue weighted by atomic mass is 10.1. The zero-order valence-electron chi connectivity index (χ0n) is 9.59. The molecule has 1 aromatic carbocycles. The molecule has 3 heteroatoms. The summed E-state index contributed by atoms with van der Waals surface area (Å²) in [4.78, 5) is 0. The Balaban J connectivity index is 2.61. The molecule has 0 bridgehead atoms. The van der Waals surface area contributed by atoms with Gasteiger partial charge in [-0.25, -0.2) is 0 Å². The second-order valence-electron chi connectivity index (χ2n) is 4.71. The third-order valence-electron chi connectivity index (χ3n) is 2.09. The fourth-order valence-electron chi connectivity index (χ4n) is 1.17. The van der Waals surface area contributed by atoms with E-state index < -0.39 is 0 Å². The first-order chi connectivity index (χ1) is 6.88. The summed E-state index contributed by atoms with van der Waals surface area (Å²) < 4.78 is 0. The second-order valence-corrected chi connectivity index (χ2v) is 4.71. The van der Waals surface area contributed by atoms with Gasteiger partial charge in [0.2, 0.25) is 0 Å². The Kier molecular flexibility index (Phi) is 3.48. The lowest BCUT2D eigenvalue weighted by Crippen LogP contribution is -2.35. The van der Waals surface area contributed by atoms with Gasteiger partial charge in [0.15, 0.2) is 0 Å². The van der Waals surface area contributed by atoms with E-state index in [4.69, 9.17) is 11.1 Å². The van der Waals surface area contributed by atoms with Crippen molar-refractivity contribution in [3.05, 3.63) is 35.4 Å². The van der Waals surface area contributed by atoms with E-state index in [0.29, 0.717) is 0 Å². The molecule has 3 nitrogen and oxygen atoms in total. The number of amidine groups is 1. The third kappa shape index (κ3) is 4.13. The van der Waals surface area contributed by atoms with Crippen LogP contribution in [0.3, 0.4) is 0 Å². The zero-order chi connectivity index (χ0) is 11.5. The van der Waals surface area contributed by atoms with Crippen LogP contribution in [0.25, 0.3) is 0 Å². The summed E-state index contributed by atoms with van der Waals surface area (Å²) in [6.45, 7) is 7.24. The van der Waals surface area contributed by atoms with Gasteiger partial charge in [-0.1, -0.05) is 24.3 Å². The van der Waals surface area contributed by atoms with Crippen molar-refractivity contribution in [1.82, 2.24) is 5.32 Å². The third-order valence-corrected chi connectivity index (χ3v) is 2.09. The average molecular weight is 205 g/mol. The van der Waals surface area contributed by atoms with Crippen molar-refractivity contribution in [3.63, 3.8) is 0 Å². The molecule has 0 radical (unpaired) electrons. The SMILES string of the molecule is CC(C)(C)NCc1ccc(C(=N)N)cc1. The van der Waals surface area contributed by atoms with Gasteiger partial charge in [0.05, 0.1) is 0 Å². The van der Waals surface area contributed by atoms with Crippen LogP contribution in [-0.2, 0) is 6.54 Å². The van der Waals surface area contributed by atoms with E-state index >= 15 is 0 Å². The van der Waals surface area contributed by atoms with Crippen molar-refractivity contribution < 1.29 is 0 Å². The van der Waals surface area contributed by atoms with Gasteiger partial charge >= 0.3 is 0 Å². The molecule has 4 N–H and O–H groups in total. The summed E-state index contributed by atoms with van der Waals surface area (Å²) in [7, 11) is 0. The van der Waals surface area contributed by atoms with E-state index in [0.717, 1.165) is 12.1 Å². The first kappa shape index (κ1) is 11.7. The monoisotopic (exact) mass is 205 g/mol. The van der Waals surface area contributed by atoms with E-state index in [-0.39, 0.29) is 11.4 Å². The molecule has 0 saturated carbocycles. The molecule has 0 aliphatic rings. The molecular weight excluding hydrogens is 186 g/mol. The van der Waals surface area contributed by atoms with Crippen LogP contribution in [-0.4, -0.2) is 11.4 Å². The minimum atomic E-state index is 0.116. The Morgan fingerprint density at radius 1 is 1.27 bits per heavy atom. The van der Waals surface area contributed by atoms with E-state index in [1.54, 1.807) is 0 Å². The molecule has 0 spiro atoms. The van der Waals surface area contributed by atoms with Crippen molar-refractivity contribution in [2.75, 3.05) is 0 Å². The summed E-state index contributed by atoms with van der Waals surface area (Å²) >= 11 is 0. The number of hydrogen-bond acceptors (Lipinski definition) is 2. The number of nitrogens with two attached hydrogens (primary N) is 1. The number of hydrogen-bond donors (Lipinski definition) is 3. The van der Waals surface area contributed by atoms with E-state index in [1.165, 1.54) is 5.56 Å². The van der Waals surface area contributed by atoms with Crippen molar-refractivity contribution in [3.8, 4) is 0 Å². The van der Waals surface area contributed by atoms with Gasteiger partial charge in [0.25, 0.3) is 0 Å². The summed E-state index contributed by atoms with van der Waals surface area (Å²) in [6.07, 6.45) is 0. The zero-order valence-corrected chi connectivity index (χ0v) is 9.59. The number of nitrogens with one attached hydrogen (secondary N) is 2. The van der Waals surface area contributed by atoms with Crippen molar-refractivity contribution in [2.24, 2.45) is 5.73 Å². The smallest absolute Gasteiger partial charge is 0.122 e. The highest BCUT2D eigenvalue weighted by Gasteiger charge is 2.08. The Hall–Kier alpha value is -1.35. The van der Waals surface area contributed by atoms with Crippen molar-refractivity contribution >= 4 is 5.84 Å². The van der Waals surface area contributed by atoms with E-state index in [1.807, 2.05) is 24.3 Å². The molecule has 0 aliphatic heterocycles. The predicted octanol–water partition coefficient (Wildman–Crippen LogP) is 1.86. The molecule has 0 heterocycles. The molecule has 0 aliphatic carbocycles. The first-order valence-electron chi connectivity index (χ1n) is 5.07. The van der Waals surface area contributed by atoms with Gasteiger partial charge in [-0.3, -0.25) is 5.41 Å². The highest BCUT2D eigenvalue weighted by Crippen LogP contribution is 2.06. The number of rotatable bonds is 3. The normalized spacial score (nSPS) is 11.4. The van der Waals surface area contributed by atoms with Crippen LogP contribution in [0.2, 0.25) is 0 Å². The van der Waals surface area contributed by atoms with Gasteiger partial charge in [-0.05, 0) is 26.3 Å². The Labute approximate surface area is 91.2 Å². The topological polar surface area (TPSA) is 61.9 Å². The highest BCUT2D eigenvalue weighted by atomic mass is 14.9. The van der Waals surface area contributed by atoms with Crippen LogP contribution in [0.4, 0.5) is 0 Å². The van der Waals surface area contributed by atoms with Crippen LogP contribution < -0.4 is 11.1 Å². The lowest BCUT2D eigenvalue weighted by molar-refractivity contribution is 0.424. The maximum Gasteiger partial charge on any atom is 0.122 e. The fraction of sp³-hybridized carbons (Fsp3) is 0.417. The van der Waals surface area contributed by atoms with Crippen LogP contribution in [0.5, 0.6) is 0 Å². The molecule has 82 valence electrons. The summed E-state index contributed by atoms with van der Waals surface area (Å²) in [5, 5.41) is 10.7. The molecular formula is C12H19N3. The molecule has 0 saturated heterocycles. The number of benzene rings is 1. The van der Waals surface area contributed by atoms with Crippen LogP contribution in [0.1, 0.15) is 31.9 Å². The average Bonchev–Trinajstić information content (AvgIpc) is 2.14. The second kappa shape index (κ2) is 4.45. The Bertz CT molecular complexity index is 333. The highest BCUT2D eigenvalue weighted by molar-refractivity contribution is 5.94. The van der Waals surface area contributed by atoms with Gasteiger partial charge in [-0.15, -0.1) is 0 Å². The summed E-state index contributed by atoms with van der Waals surface area (Å²) in [5.41, 5.74) is 7.48. The fourth-order valence-corrected chi connectivity index (χ4v) is 1.17. The Morgan fingerprint density at radius 2 is 1.80 bits per heavy atom. The number of nitrogen functional groups attached to an aromatic ring is 1. The molecule has 0 unspecified atom stereocenters. The minimum absolute atomic E-state index is 0.116. The molecule has 15 heavy (non-hydrogen) atoms.